The molecule has 174 valence electrons. The van der Waals surface area contributed by atoms with Crippen molar-refractivity contribution in [3.05, 3.63) is 56.3 Å². The summed E-state index contributed by atoms with van der Waals surface area (Å²) >= 11 is 16.0. The van der Waals surface area contributed by atoms with Gasteiger partial charge in [0.15, 0.2) is 0 Å². The highest BCUT2D eigenvalue weighted by Gasteiger charge is 2.18. The molecule has 4 aromatic rings. The maximum absolute atomic E-state index is 9.74. The average Bonchev–Trinajstić information content (AvgIpc) is 3.48. The van der Waals surface area contributed by atoms with Crippen molar-refractivity contribution >= 4 is 67.5 Å². The molecule has 0 bridgehead atoms. The van der Waals surface area contributed by atoms with Crippen LogP contribution in [0.2, 0.25) is 10.0 Å². The SMILES string of the molecule is COc1cc(Nc2c(C#N)cnc3cc(-c4csc(CN5CCOCC5)c4)sc23)c(Cl)cc1Cl. The monoisotopic (exact) mass is 530 g/mol. The molecule has 10 heteroatoms. The first-order valence-corrected chi connectivity index (χ1v) is 13.0. The lowest BCUT2D eigenvalue weighted by molar-refractivity contribution is 0.0346. The van der Waals surface area contributed by atoms with Gasteiger partial charge in [0.25, 0.3) is 0 Å². The summed E-state index contributed by atoms with van der Waals surface area (Å²) in [4.78, 5) is 9.35. The van der Waals surface area contributed by atoms with E-state index >= 15 is 0 Å². The van der Waals surface area contributed by atoms with Gasteiger partial charge in [0.2, 0.25) is 0 Å². The topological polar surface area (TPSA) is 70.4 Å². The van der Waals surface area contributed by atoms with Crippen molar-refractivity contribution in [1.82, 2.24) is 9.88 Å². The zero-order valence-corrected chi connectivity index (χ0v) is 21.4. The summed E-state index contributed by atoms with van der Waals surface area (Å²) in [6, 6.07) is 9.89. The summed E-state index contributed by atoms with van der Waals surface area (Å²) in [5.74, 6) is 0.496. The maximum Gasteiger partial charge on any atom is 0.139 e. The van der Waals surface area contributed by atoms with Crippen molar-refractivity contribution in [2.45, 2.75) is 6.54 Å². The number of thiophene rings is 2. The number of nitrogens with one attached hydrogen (secondary N) is 1. The lowest BCUT2D eigenvalue weighted by atomic mass is 10.2. The summed E-state index contributed by atoms with van der Waals surface area (Å²) in [5.41, 5.74) is 3.68. The van der Waals surface area contributed by atoms with Crippen LogP contribution >= 0.6 is 45.9 Å². The molecule has 1 aliphatic heterocycles. The van der Waals surface area contributed by atoms with E-state index in [1.807, 2.05) is 0 Å². The molecular formula is C24H20Cl2N4O2S2. The van der Waals surface area contributed by atoms with E-state index in [2.05, 4.69) is 38.8 Å². The number of ether oxygens (including phenoxy) is 2. The minimum absolute atomic E-state index is 0.419. The molecule has 0 atom stereocenters. The molecule has 1 N–H and O–H groups in total. The van der Waals surface area contributed by atoms with E-state index in [0.717, 1.165) is 53.5 Å². The molecule has 0 saturated carbocycles. The van der Waals surface area contributed by atoms with Gasteiger partial charge in [0.1, 0.15) is 11.8 Å². The average molecular weight is 531 g/mol. The smallest absolute Gasteiger partial charge is 0.139 e. The quantitative estimate of drug-likeness (QED) is 0.296. The fraction of sp³-hybridized carbons (Fsp3) is 0.250. The van der Waals surface area contributed by atoms with Crippen LogP contribution in [0.15, 0.2) is 35.8 Å². The van der Waals surface area contributed by atoms with Gasteiger partial charge in [-0.05, 0) is 23.6 Å². The number of pyridine rings is 1. The number of morpholine rings is 1. The minimum Gasteiger partial charge on any atom is -0.495 e. The number of benzene rings is 1. The highest BCUT2D eigenvalue weighted by atomic mass is 35.5. The van der Waals surface area contributed by atoms with Crippen LogP contribution in [0.4, 0.5) is 11.4 Å². The number of rotatable bonds is 6. The van der Waals surface area contributed by atoms with E-state index in [-0.39, 0.29) is 0 Å². The Labute approximate surface area is 215 Å². The van der Waals surface area contributed by atoms with E-state index in [1.54, 1.807) is 48.1 Å². The van der Waals surface area contributed by atoms with Gasteiger partial charge < -0.3 is 14.8 Å². The van der Waals surface area contributed by atoms with Crippen LogP contribution in [0.25, 0.3) is 20.7 Å². The van der Waals surface area contributed by atoms with Gasteiger partial charge in [0, 0.05) is 47.2 Å². The molecule has 0 amide bonds. The van der Waals surface area contributed by atoms with Gasteiger partial charge >= 0.3 is 0 Å². The van der Waals surface area contributed by atoms with Gasteiger partial charge in [-0.25, -0.2) is 0 Å². The first-order chi connectivity index (χ1) is 16.6. The number of hydrogen-bond donors (Lipinski definition) is 1. The highest BCUT2D eigenvalue weighted by molar-refractivity contribution is 7.23. The van der Waals surface area contributed by atoms with Crippen LogP contribution in [-0.2, 0) is 11.3 Å². The zero-order chi connectivity index (χ0) is 23.7. The normalized spacial score (nSPS) is 14.3. The molecule has 1 aromatic carbocycles. The zero-order valence-electron chi connectivity index (χ0n) is 18.2. The van der Waals surface area contributed by atoms with Gasteiger partial charge in [-0.3, -0.25) is 9.88 Å². The molecule has 5 rings (SSSR count). The van der Waals surface area contributed by atoms with Crippen LogP contribution in [-0.4, -0.2) is 43.3 Å². The third kappa shape index (κ3) is 4.73. The second-order valence-corrected chi connectivity index (χ2v) is 10.6. The summed E-state index contributed by atoms with van der Waals surface area (Å²) in [7, 11) is 1.55. The first-order valence-electron chi connectivity index (χ1n) is 10.6. The first kappa shape index (κ1) is 23.4. The molecule has 3 aromatic heterocycles. The second kappa shape index (κ2) is 10.1. The van der Waals surface area contributed by atoms with Crippen molar-refractivity contribution in [3.8, 4) is 22.3 Å². The van der Waals surface area contributed by atoms with E-state index in [1.165, 1.54) is 4.88 Å². The summed E-state index contributed by atoms with van der Waals surface area (Å²) in [6.45, 7) is 4.44. The number of anilines is 2. The highest BCUT2D eigenvalue weighted by Crippen LogP contribution is 2.42. The van der Waals surface area contributed by atoms with Crippen molar-refractivity contribution < 1.29 is 9.47 Å². The third-order valence-corrected chi connectivity index (χ3v) is 8.31. The third-order valence-electron chi connectivity index (χ3n) is 5.58. The van der Waals surface area contributed by atoms with Crippen LogP contribution in [0.1, 0.15) is 10.4 Å². The van der Waals surface area contributed by atoms with Crippen molar-refractivity contribution in [2.24, 2.45) is 0 Å². The predicted octanol–water partition coefficient (Wildman–Crippen LogP) is 6.79. The van der Waals surface area contributed by atoms with E-state index < -0.39 is 0 Å². The standard InChI is InChI=1S/C24H20Cl2N4O2S2/c1-31-21-8-19(17(25)7-18(21)26)29-23-15(10-27)11-28-20-9-22(34-24(20)23)14-6-16(33-13-14)12-30-2-4-32-5-3-30/h6-9,11,13H,2-5,12H2,1H3,(H,28,29). The number of nitriles is 1. The Bertz CT molecular complexity index is 1390. The number of halogens is 2. The number of aromatic nitrogens is 1. The van der Waals surface area contributed by atoms with Crippen LogP contribution in [0, 0.1) is 11.3 Å². The van der Waals surface area contributed by atoms with Gasteiger partial charge in [-0.15, -0.1) is 22.7 Å². The maximum atomic E-state index is 9.74. The van der Waals surface area contributed by atoms with E-state index in [0.29, 0.717) is 32.7 Å². The molecule has 0 spiro atoms. The lowest BCUT2D eigenvalue weighted by Gasteiger charge is -2.25. The summed E-state index contributed by atoms with van der Waals surface area (Å²) in [6.07, 6.45) is 1.58. The number of methoxy groups -OCH3 is 1. The molecule has 4 heterocycles. The van der Waals surface area contributed by atoms with Crippen LogP contribution < -0.4 is 10.1 Å². The molecule has 1 aliphatic rings. The number of nitrogens with zero attached hydrogens (tertiary/aromatic N) is 3. The molecule has 0 unspecified atom stereocenters. The lowest BCUT2D eigenvalue weighted by Crippen LogP contribution is -2.35. The van der Waals surface area contributed by atoms with Crippen molar-refractivity contribution in [3.63, 3.8) is 0 Å². The molecule has 0 radical (unpaired) electrons. The molecule has 6 nitrogen and oxygen atoms in total. The van der Waals surface area contributed by atoms with Crippen LogP contribution in [0.5, 0.6) is 5.75 Å². The molecule has 1 saturated heterocycles. The minimum atomic E-state index is 0.419. The second-order valence-electron chi connectivity index (χ2n) is 7.77. The molecule has 1 fully saturated rings. The largest absolute Gasteiger partial charge is 0.495 e. The molecule has 0 aliphatic carbocycles. The summed E-state index contributed by atoms with van der Waals surface area (Å²) in [5, 5.41) is 16.1. The van der Waals surface area contributed by atoms with Crippen molar-refractivity contribution in [2.75, 3.05) is 38.7 Å². The van der Waals surface area contributed by atoms with E-state index in [9.17, 15) is 5.26 Å². The Kier molecular flexibility index (Phi) is 6.93. The molecule has 34 heavy (non-hydrogen) atoms. The summed E-state index contributed by atoms with van der Waals surface area (Å²) < 4.78 is 11.7. The van der Waals surface area contributed by atoms with Gasteiger partial charge in [0.05, 0.1) is 57.5 Å². The Hall–Kier alpha value is -2.38. The van der Waals surface area contributed by atoms with Gasteiger partial charge in [-0.2, -0.15) is 5.26 Å². The Morgan fingerprint density at radius 2 is 2.03 bits per heavy atom. The fourth-order valence-electron chi connectivity index (χ4n) is 3.82. The Morgan fingerprint density at radius 3 is 2.79 bits per heavy atom. The Balaban J connectivity index is 1.49. The van der Waals surface area contributed by atoms with Crippen molar-refractivity contribution in [1.29, 1.82) is 5.26 Å². The van der Waals surface area contributed by atoms with Crippen LogP contribution in [0.3, 0.4) is 0 Å². The molecular weight excluding hydrogens is 511 g/mol. The fourth-order valence-corrected chi connectivity index (χ4v) is 6.43. The number of fused-ring (bicyclic) bond motifs is 1. The number of hydrogen-bond acceptors (Lipinski definition) is 8. The van der Waals surface area contributed by atoms with Gasteiger partial charge in [-0.1, -0.05) is 23.2 Å². The van der Waals surface area contributed by atoms with E-state index in [4.69, 9.17) is 32.7 Å². The predicted molar refractivity (Wildman–Crippen MR) is 140 cm³/mol. The Morgan fingerprint density at radius 1 is 1.21 bits per heavy atom.